The van der Waals surface area contributed by atoms with E-state index in [0.29, 0.717) is 17.9 Å². The van der Waals surface area contributed by atoms with Gasteiger partial charge < -0.3 is 15.5 Å². The lowest BCUT2D eigenvalue weighted by atomic mass is 9.94. The fourth-order valence-corrected chi connectivity index (χ4v) is 2.64. The Kier molecular flexibility index (Phi) is 4.58. The lowest BCUT2D eigenvalue weighted by Crippen LogP contribution is -2.43. The first-order chi connectivity index (χ1) is 9.08. The smallest absolute Gasteiger partial charge is 0.224 e. The lowest BCUT2D eigenvalue weighted by Gasteiger charge is -2.35. The predicted octanol–water partition coefficient (Wildman–Crippen LogP) is 1.97. The van der Waals surface area contributed by atoms with Crippen LogP contribution in [0.25, 0.3) is 0 Å². The molecule has 0 aromatic carbocycles. The van der Waals surface area contributed by atoms with Crippen molar-refractivity contribution in [3.8, 4) is 0 Å². The van der Waals surface area contributed by atoms with Crippen LogP contribution in [0.2, 0.25) is 0 Å². The largest absolute Gasteiger partial charge is 0.367 e. The van der Waals surface area contributed by atoms with Gasteiger partial charge in [0.15, 0.2) is 0 Å². The van der Waals surface area contributed by atoms with E-state index in [-0.39, 0.29) is 0 Å². The van der Waals surface area contributed by atoms with Gasteiger partial charge in [-0.1, -0.05) is 6.92 Å². The van der Waals surface area contributed by atoms with Crippen LogP contribution in [0, 0.1) is 12.8 Å². The Hall–Kier alpha value is -1.36. The molecule has 1 aromatic heterocycles. The maximum absolute atomic E-state index is 4.52. The van der Waals surface area contributed by atoms with Crippen LogP contribution in [-0.4, -0.2) is 47.6 Å². The monoisotopic (exact) mass is 263 g/mol. The zero-order chi connectivity index (χ0) is 13.8. The van der Waals surface area contributed by atoms with Crippen molar-refractivity contribution in [3.05, 3.63) is 11.8 Å². The Labute approximate surface area is 115 Å². The van der Waals surface area contributed by atoms with Gasteiger partial charge in [-0.15, -0.1) is 0 Å². The van der Waals surface area contributed by atoms with Gasteiger partial charge in [0.25, 0.3) is 0 Å². The van der Waals surface area contributed by atoms with Crippen molar-refractivity contribution in [1.82, 2.24) is 14.9 Å². The minimum absolute atomic E-state index is 0.500. The Morgan fingerprint density at radius 1 is 1.42 bits per heavy atom. The van der Waals surface area contributed by atoms with E-state index < -0.39 is 0 Å². The van der Waals surface area contributed by atoms with Crippen LogP contribution in [0.4, 0.5) is 11.8 Å². The van der Waals surface area contributed by atoms with Gasteiger partial charge in [0.2, 0.25) is 5.95 Å². The highest BCUT2D eigenvalue weighted by Gasteiger charge is 2.24. The van der Waals surface area contributed by atoms with Crippen molar-refractivity contribution in [2.24, 2.45) is 5.92 Å². The molecule has 2 atom stereocenters. The SMILES string of the molecule is CCNc1nc(C)cc(NC2CCN(C)CC2C)n1. The number of piperidine rings is 1. The van der Waals surface area contributed by atoms with E-state index in [1.807, 2.05) is 13.0 Å². The maximum Gasteiger partial charge on any atom is 0.224 e. The zero-order valence-corrected chi connectivity index (χ0v) is 12.4. The standard InChI is InChI=1S/C14H25N5/c1-5-15-14-16-11(3)8-13(18-14)17-12-6-7-19(4)9-10(12)2/h8,10,12H,5-7,9H2,1-4H3,(H2,15,16,17,18). The molecule has 1 aromatic rings. The fraction of sp³-hybridized carbons (Fsp3) is 0.714. The Balaban J connectivity index is 2.05. The number of likely N-dealkylation sites (tertiary alicyclic amines) is 1. The molecule has 2 unspecified atom stereocenters. The van der Waals surface area contributed by atoms with Gasteiger partial charge in [-0.2, -0.15) is 4.98 Å². The topological polar surface area (TPSA) is 53.1 Å². The quantitative estimate of drug-likeness (QED) is 0.870. The minimum Gasteiger partial charge on any atom is -0.367 e. The van der Waals surface area contributed by atoms with Gasteiger partial charge in [-0.25, -0.2) is 4.98 Å². The van der Waals surface area contributed by atoms with E-state index in [1.165, 1.54) is 0 Å². The molecule has 1 fully saturated rings. The highest BCUT2D eigenvalue weighted by Crippen LogP contribution is 2.20. The highest BCUT2D eigenvalue weighted by atomic mass is 15.2. The molecular weight excluding hydrogens is 238 g/mol. The molecular formula is C14H25N5. The first-order valence-corrected chi connectivity index (χ1v) is 7.13. The number of nitrogens with one attached hydrogen (secondary N) is 2. The summed E-state index contributed by atoms with van der Waals surface area (Å²) in [5.74, 6) is 2.28. The number of nitrogens with zero attached hydrogens (tertiary/aromatic N) is 3. The van der Waals surface area contributed by atoms with Crippen LogP contribution in [0.5, 0.6) is 0 Å². The predicted molar refractivity (Wildman–Crippen MR) is 79.6 cm³/mol. The molecule has 0 bridgehead atoms. The van der Waals surface area contributed by atoms with E-state index in [9.17, 15) is 0 Å². The molecule has 2 heterocycles. The second-order valence-electron chi connectivity index (χ2n) is 5.53. The number of aromatic nitrogens is 2. The van der Waals surface area contributed by atoms with E-state index in [0.717, 1.165) is 37.6 Å². The maximum atomic E-state index is 4.52. The normalized spacial score (nSPS) is 24.2. The molecule has 2 N–H and O–H groups in total. The number of aryl methyl sites for hydroxylation is 1. The molecule has 5 nitrogen and oxygen atoms in total. The summed E-state index contributed by atoms with van der Waals surface area (Å²) in [6.45, 7) is 9.48. The summed E-state index contributed by atoms with van der Waals surface area (Å²) in [4.78, 5) is 11.3. The second kappa shape index (κ2) is 6.19. The molecule has 1 saturated heterocycles. The summed E-state index contributed by atoms with van der Waals surface area (Å²) < 4.78 is 0. The molecule has 0 amide bonds. The van der Waals surface area contributed by atoms with Gasteiger partial charge in [0.1, 0.15) is 5.82 Å². The van der Waals surface area contributed by atoms with Crippen LogP contribution >= 0.6 is 0 Å². The molecule has 19 heavy (non-hydrogen) atoms. The first-order valence-electron chi connectivity index (χ1n) is 7.13. The third kappa shape index (κ3) is 3.80. The molecule has 0 saturated carbocycles. The number of hydrogen-bond acceptors (Lipinski definition) is 5. The summed E-state index contributed by atoms with van der Waals surface area (Å²) in [6.07, 6.45) is 1.16. The van der Waals surface area contributed by atoms with Crippen LogP contribution in [0.1, 0.15) is 26.0 Å². The Bertz CT molecular complexity index is 420. The van der Waals surface area contributed by atoms with Crippen molar-refractivity contribution in [2.45, 2.75) is 33.2 Å². The van der Waals surface area contributed by atoms with Gasteiger partial charge >= 0.3 is 0 Å². The summed E-state index contributed by atoms with van der Waals surface area (Å²) in [6, 6.07) is 2.52. The third-order valence-electron chi connectivity index (χ3n) is 3.63. The number of hydrogen-bond donors (Lipinski definition) is 2. The van der Waals surface area contributed by atoms with Gasteiger partial charge in [-0.3, -0.25) is 0 Å². The molecule has 106 valence electrons. The lowest BCUT2D eigenvalue weighted by molar-refractivity contribution is 0.206. The molecule has 1 aliphatic rings. The summed E-state index contributed by atoms with van der Waals surface area (Å²) >= 11 is 0. The average Bonchev–Trinajstić information content (AvgIpc) is 2.32. The van der Waals surface area contributed by atoms with Crippen LogP contribution < -0.4 is 10.6 Å². The molecule has 5 heteroatoms. The Morgan fingerprint density at radius 3 is 2.89 bits per heavy atom. The second-order valence-corrected chi connectivity index (χ2v) is 5.53. The van der Waals surface area contributed by atoms with E-state index in [2.05, 4.69) is 46.4 Å². The van der Waals surface area contributed by atoms with Crippen molar-refractivity contribution in [3.63, 3.8) is 0 Å². The van der Waals surface area contributed by atoms with Crippen molar-refractivity contribution in [2.75, 3.05) is 37.3 Å². The van der Waals surface area contributed by atoms with Gasteiger partial charge in [0, 0.05) is 30.9 Å². The summed E-state index contributed by atoms with van der Waals surface area (Å²) in [5, 5.41) is 6.75. The van der Waals surface area contributed by atoms with Crippen LogP contribution in [0.15, 0.2) is 6.07 Å². The molecule has 0 radical (unpaired) electrons. The number of anilines is 2. The van der Waals surface area contributed by atoms with Gasteiger partial charge in [-0.05, 0) is 39.8 Å². The molecule has 1 aliphatic heterocycles. The summed E-state index contributed by atoms with van der Waals surface area (Å²) in [5.41, 5.74) is 0.994. The highest BCUT2D eigenvalue weighted by molar-refractivity contribution is 5.43. The van der Waals surface area contributed by atoms with Crippen LogP contribution in [-0.2, 0) is 0 Å². The van der Waals surface area contributed by atoms with E-state index >= 15 is 0 Å². The first kappa shape index (κ1) is 14.1. The fourth-order valence-electron chi connectivity index (χ4n) is 2.64. The van der Waals surface area contributed by atoms with Crippen LogP contribution in [0.3, 0.4) is 0 Å². The van der Waals surface area contributed by atoms with Crippen molar-refractivity contribution >= 4 is 11.8 Å². The Morgan fingerprint density at radius 2 is 2.21 bits per heavy atom. The molecule has 2 rings (SSSR count). The zero-order valence-electron chi connectivity index (χ0n) is 12.4. The summed E-state index contributed by atoms with van der Waals surface area (Å²) in [7, 11) is 2.19. The van der Waals surface area contributed by atoms with Crippen molar-refractivity contribution in [1.29, 1.82) is 0 Å². The minimum atomic E-state index is 0.500. The van der Waals surface area contributed by atoms with Crippen molar-refractivity contribution < 1.29 is 0 Å². The average molecular weight is 263 g/mol. The van der Waals surface area contributed by atoms with E-state index in [4.69, 9.17) is 0 Å². The van der Waals surface area contributed by atoms with Gasteiger partial charge in [0.05, 0.1) is 0 Å². The van der Waals surface area contributed by atoms with E-state index in [1.54, 1.807) is 0 Å². The number of rotatable bonds is 4. The third-order valence-corrected chi connectivity index (χ3v) is 3.63. The molecule has 0 spiro atoms. The molecule has 0 aliphatic carbocycles.